The van der Waals surface area contributed by atoms with Crippen molar-refractivity contribution in [3.05, 3.63) is 63.7 Å². The van der Waals surface area contributed by atoms with Crippen LogP contribution in [0.25, 0.3) is 11.5 Å². The topological polar surface area (TPSA) is 101 Å². The molecule has 0 spiro atoms. The molecule has 0 unspecified atom stereocenters. The van der Waals surface area contributed by atoms with Crippen molar-refractivity contribution in [2.45, 2.75) is 20.4 Å². The monoisotopic (exact) mass is 338 g/mol. The van der Waals surface area contributed by atoms with Crippen molar-refractivity contribution in [3.63, 3.8) is 0 Å². The second-order valence-electron chi connectivity index (χ2n) is 5.77. The number of aromatic amines is 1. The molecule has 2 heterocycles. The van der Waals surface area contributed by atoms with E-state index in [9.17, 15) is 10.1 Å². The average molecular weight is 338 g/mol. The Morgan fingerprint density at radius 1 is 1.16 bits per heavy atom. The summed E-state index contributed by atoms with van der Waals surface area (Å²) in [5, 5.41) is 11.5. The van der Waals surface area contributed by atoms with Gasteiger partial charge in [0.05, 0.1) is 4.92 Å². The van der Waals surface area contributed by atoms with E-state index in [-0.39, 0.29) is 11.5 Å². The molecule has 0 amide bonds. The molecule has 0 radical (unpaired) electrons. The number of hydrogen-bond acceptors (Lipinski definition) is 6. The smallest absolute Gasteiger partial charge is 0.332 e. The number of nitro groups is 1. The van der Waals surface area contributed by atoms with Gasteiger partial charge in [-0.25, -0.2) is 15.0 Å². The van der Waals surface area contributed by atoms with Crippen molar-refractivity contribution in [2.75, 3.05) is 11.9 Å². The summed E-state index contributed by atoms with van der Waals surface area (Å²) in [4.78, 5) is 28.8. The quantitative estimate of drug-likeness (QED) is 0.567. The number of aromatic nitrogens is 4. The van der Waals surface area contributed by atoms with Gasteiger partial charge in [0, 0.05) is 19.8 Å². The van der Waals surface area contributed by atoms with E-state index >= 15 is 0 Å². The first-order valence-electron chi connectivity index (χ1n) is 7.76. The minimum Gasteiger partial charge on any atom is -0.350 e. The predicted octanol–water partition coefficient (Wildman–Crippen LogP) is 3.03. The molecule has 25 heavy (non-hydrogen) atoms. The molecular weight excluding hydrogens is 320 g/mol. The number of anilines is 1. The Morgan fingerprint density at radius 2 is 1.88 bits per heavy atom. The maximum absolute atomic E-state index is 11.5. The van der Waals surface area contributed by atoms with E-state index in [0.29, 0.717) is 23.8 Å². The highest BCUT2D eigenvalue weighted by Crippen LogP contribution is 2.31. The molecule has 0 fully saturated rings. The zero-order valence-electron chi connectivity index (χ0n) is 14.2. The zero-order valence-corrected chi connectivity index (χ0v) is 14.2. The normalized spacial score (nSPS) is 10.7. The average Bonchev–Trinajstić information content (AvgIpc) is 3.01. The molecule has 8 nitrogen and oxygen atoms in total. The number of nitrogens with one attached hydrogen (secondary N) is 1. The van der Waals surface area contributed by atoms with E-state index in [0.717, 1.165) is 11.4 Å². The number of nitrogens with zero attached hydrogens (tertiary/aromatic N) is 5. The van der Waals surface area contributed by atoms with Crippen LogP contribution in [0.15, 0.2) is 36.5 Å². The Morgan fingerprint density at radius 3 is 2.48 bits per heavy atom. The van der Waals surface area contributed by atoms with Gasteiger partial charge in [-0.05, 0) is 19.4 Å². The molecule has 0 atom stereocenters. The number of aryl methyl sites for hydroxylation is 2. The molecule has 128 valence electrons. The van der Waals surface area contributed by atoms with Crippen LogP contribution in [0.1, 0.15) is 17.1 Å². The Balaban J connectivity index is 2.05. The lowest BCUT2D eigenvalue weighted by atomic mass is 10.2. The van der Waals surface area contributed by atoms with Gasteiger partial charge in [-0.1, -0.05) is 30.3 Å². The van der Waals surface area contributed by atoms with E-state index in [4.69, 9.17) is 0 Å². The lowest BCUT2D eigenvalue weighted by Gasteiger charge is -2.19. The van der Waals surface area contributed by atoms with Crippen molar-refractivity contribution in [1.29, 1.82) is 0 Å². The fourth-order valence-corrected chi connectivity index (χ4v) is 2.61. The fraction of sp³-hybridized carbons (Fsp3) is 0.235. The van der Waals surface area contributed by atoms with E-state index < -0.39 is 4.92 Å². The van der Waals surface area contributed by atoms with Crippen LogP contribution < -0.4 is 4.90 Å². The summed E-state index contributed by atoms with van der Waals surface area (Å²) in [5.74, 6) is 1.37. The van der Waals surface area contributed by atoms with Crippen molar-refractivity contribution < 1.29 is 4.92 Å². The summed E-state index contributed by atoms with van der Waals surface area (Å²) in [5.41, 5.74) is 1.82. The summed E-state index contributed by atoms with van der Waals surface area (Å²) in [6.07, 6.45) is 1.69. The van der Waals surface area contributed by atoms with E-state index in [1.165, 1.54) is 0 Å². The maximum Gasteiger partial charge on any atom is 0.332 e. The van der Waals surface area contributed by atoms with Crippen molar-refractivity contribution in [3.8, 4) is 11.5 Å². The predicted molar refractivity (Wildman–Crippen MR) is 94.3 cm³/mol. The van der Waals surface area contributed by atoms with Gasteiger partial charge in [0.2, 0.25) is 5.82 Å². The van der Waals surface area contributed by atoms with Crippen LogP contribution in [-0.4, -0.2) is 31.9 Å². The summed E-state index contributed by atoms with van der Waals surface area (Å²) in [7, 11) is 1.78. The number of H-pyrrole nitrogens is 1. The van der Waals surface area contributed by atoms with E-state index in [1.54, 1.807) is 25.1 Å². The van der Waals surface area contributed by atoms with Gasteiger partial charge in [0.25, 0.3) is 0 Å². The molecule has 0 saturated carbocycles. The number of hydrogen-bond donors (Lipinski definition) is 1. The van der Waals surface area contributed by atoms with Crippen LogP contribution in [0, 0.1) is 24.0 Å². The molecule has 0 aliphatic carbocycles. The Labute approximate surface area is 144 Å². The van der Waals surface area contributed by atoms with Crippen LogP contribution in [0.3, 0.4) is 0 Å². The SMILES string of the molecule is Cc1nc(-c2nc(C)c([N+](=O)[O-])c(N(C)Cc3ccccc3)n2)c[nH]1. The fourth-order valence-electron chi connectivity index (χ4n) is 2.61. The molecule has 1 N–H and O–H groups in total. The van der Waals surface area contributed by atoms with E-state index in [2.05, 4.69) is 19.9 Å². The number of imidazole rings is 1. The highest BCUT2D eigenvalue weighted by atomic mass is 16.6. The van der Waals surface area contributed by atoms with Gasteiger partial charge in [0.1, 0.15) is 17.2 Å². The minimum atomic E-state index is -0.439. The summed E-state index contributed by atoms with van der Waals surface area (Å²) >= 11 is 0. The second kappa shape index (κ2) is 6.68. The molecule has 0 aliphatic heterocycles. The van der Waals surface area contributed by atoms with Crippen LogP contribution in [-0.2, 0) is 6.54 Å². The van der Waals surface area contributed by atoms with Crippen molar-refractivity contribution in [2.24, 2.45) is 0 Å². The van der Waals surface area contributed by atoms with Crippen LogP contribution in [0.4, 0.5) is 11.5 Å². The summed E-state index contributed by atoms with van der Waals surface area (Å²) in [6.45, 7) is 3.93. The van der Waals surface area contributed by atoms with Gasteiger partial charge in [-0.2, -0.15) is 0 Å². The Kier molecular flexibility index (Phi) is 4.42. The zero-order chi connectivity index (χ0) is 18.0. The molecule has 3 aromatic rings. The lowest BCUT2D eigenvalue weighted by Crippen LogP contribution is -2.20. The van der Waals surface area contributed by atoms with E-state index in [1.807, 2.05) is 37.3 Å². The van der Waals surface area contributed by atoms with Gasteiger partial charge in [0.15, 0.2) is 5.82 Å². The van der Waals surface area contributed by atoms with Gasteiger partial charge in [-0.3, -0.25) is 10.1 Å². The molecule has 0 aliphatic rings. The Hall–Kier alpha value is -3.29. The lowest BCUT2D eigenvalue weighted by molar-refractivity contribution is -0.385. The summed E-state index contributed by atoms with van der Waals surface area (Å²) < 4.78 is 0. The van der Waals surface area contributed by atoms with Gasteiger partial charge >= 0.3 is 5.69 Å². The summed E-state index contributed by atoms with van der Waals surface area (Å²) in [6, 6.07) is 9.73. The molecule has 8 heteroatoms. The number of rotatable bonds is 5. The third kappa shape index (κ3) is 3.47. The molecule has 3 rings (SSSR count). The standard InChI is InChI=1S/C17H18N6O2/c1-11-15(23(24)25)17(22(3)10-13-7-5-4-6-8-13)21-16(19-11)14-9-18-12(2)20-14/h4-9H,10H2,1-3H3,(H,18,20). The first-order valence-corrected chi connectivity index (χ1v) is 7.76. The molecule has 0 saturated heterocycles. The minimum absolute atomic E-state index is 0.0885. The van der Waals surface area contributed by atoms with Gasteiger partial charge in [-0.15, -0.1) is 0 Å². The van der Waals surface area contributed by atoms with Crippen LogP contribution in [0.2, 0.25) is 0 Å². The van der Waals surface area contributed by atoms with Crippen molar-refractivity contribution >= 4 is 11.5 Å². The Bertz CT molecular complexity index is 907. The largest absolute Gasteiger partial charge is 0.350 e. The second-order valence-corrected chi connectivity index (χ2v) is 5.77. The molecule has 2 aromatic heterocycles. The first kappa shape index (κ1) is 16.6. The van der Waals surface area contributed by atoms with Crippen molar-refractivity contribution in [1.82, 2.24) is 19.9 Å². The highest BCUT2D eigenvalue weighted by molar-refractivity contribution is 5.64. The highest BCUT2D eigenvalue weighted by Gasteiger charge is 2.25. The molecule has 1 aromatic carbocycles. The maximum atomic E-state index is 11.5. The third-order valence-corrected chi connectivity index (χ3v) is 3.78. The third-order valence-electron chi connectivity index (χ3n) is 3.78. The number of benzene rings is 1. The molecule has 0 bridgehead atoms. The van der Waals surface area contributed by atoms with Gasteiger partial charge < -0.3 is 9.88 Å². The first-order chi connectivity index (χ1) is 12.0. The van der Waals surface area contributed by atoms with Crippen LogP contribution >= 0.6 is 0 Å². The molecular formula is C17H18N6O2. The van der Waals surface area contributed by atoms with Crippen LogP contribution in [0.5, 0.6) is 0 Å².